The minimum Gasteiger partial charge on any atom is -0.394 e. The quantitative estimate of drug-likeness (QED) is 0.590. The van der Waals surface area contributed by atoms with Crippen molar-refractivity contribution in [3.8, 4) is 0 Å². The Morgan fingerprint density at radius 3 is 2.59 bits per heavy atom. The number of hydrogen-bond acceptors (Lipinski definition) is 6. The number of fused-ring (bicyclic) bond motifs is 1. The maximum absolute atomic E-state index is 13.0. The van der Waals surface area contributed by atoms with Gasteiger partial charge in [0.15, 0.2) is 0 Å². The van der Waals surface area contributed by atoms with Crippen molar-refractivity contribution in [1.82, 2.24) is 14.5 Å². The number of aliphatic hydroxyl groups is 1. The highest BCUT2D eigenvalue weighted by Gasteiger charge is 2.25. The van der Waals surface area contributed by atoms with Crippen molar-refractivity contribution in [1.29, 1.82) is 0 Å². The number of aromatic nitrogens is 3. The molecule has 3 aromatic rings. The Hall–Kier alpha value is -2.93. The molecule has 0 aliphatic heterocycles. The molecule has 3 rings (SSSR count). The maximum atomic E-state index is 13.0. The normalized spacial score (nSPS) is 12.8. The lowest BCUT2D eigenvalue weighted by atomic mass is 9.87. The monoisotopic (exact) mass is 395 g/mol. The van der Waals surface area contributed by atoms with Crippen LogP contribution in [-0.4, -0.2) is 32.3 Å². The van der Waals surface area contributed by atoms with Gasteiger partial charge in [-0.05, 0) is 54.5 Å². The number of aryl methyl sites for hydroxylation is 2. The van der Waals surface area contributed by atoms with Crippen LogP contribution >= 0.6 is 0 Å². The Labute approximate surface area is 170 Å². The average molecular weight is 396 g/mol. The topological polar surface area (TPSA) is 92.1 Å². The van der Waals surface area contributed by atoms with E-state index < -0.39 is 0 Å². The van der Waals surface area contributed by atoms with Gasteiger partial charge < -0.3 is 20.3 Å². The Balaban J connectivity index is 2.14. The van der Waals surface area contributed by atoms with Gasteiger partial charge in [-0.25, -0.2) is 9.97 Å². The number of rotatable bonds is 6. The number of aliphatic hydroxyl groups excluding tert-OH is 1. The molecule has 0 radical (unpaired) electrons. The summed E-state index contributed by atoms with van der Waals surface area (Å²) < 4.78 is 1.65. The first kappa shape index (κ1) is 20.8. The van der Waals surface area contributed by atoms with Gasteiger partial charge in [0.05, 0.1) is 18.0 Å². The molecule has 0 unspecified atom stereocenters. The zero-order valence-corrected chi connectivity index (χ0v) is 17.7. The fourth-order valence-electron chi connectivity index (χ4n) is 3.16. The highest BCUT2D eigenvalue weighted by molar-refractivity contribution is 5.93. The summed E-state index contributed by atoms with van der Waals surface area (Å²) in [6.07, 6.45) is 3.52. The van der Waals surface area contributed by atoms with Crippen molar-refractivity contribution >= 4 is 28.2 Å². The fraction of sp³-hybridized carbons (Fsp3) is 0.409. The smallest absolute Gasteiger partial charge is 0.262 e. The summed E-state index contributed by atoms with van der Waals surface area (Å²) in [6.45, 7) is 10.5. The molecule has 3 aromatic heterocycles. The molecule has 1 atom stereocenters. The third-order valence-corrected chi connectivity index (χ3v) is 5.01. The van der Waals surface area contributed by atoms with Crippen molar-refractivity contribution in [3.05, 3.63) is 52.6 Å². The van der Waals surface area contributed by atoms with E-state index in [1.54, 1.807) is 17.0 Å². The van der Waals surface area contributed by atoms with Crippen LogP contribution in [-0.2, 0) is 6.54 Å². The van der Waals surface area contributed by atoms with Gasteiger partial charge in [-0.1, -0.05) is 20.8 Å². The SMILES string of the molecule is CCn1ccc2cc(Nc3cc(C)ccn3)nc(N[C@H](CO)C(C)(C)C)c2c1=O. The van der Waals surface area contributed by atoms with Gasteiger partial charge >= 0.3 is 0 Å². The molecule has 7 nitrogen and oxygen atoms in total. The number of nitrogens with zero attached hydrogens (tertiary/aromatic N) is 3. The molecular weight excluding hydrogens is 366 g/mol. The van der Waals surface area contributed by atoms with Crippen LogP contribution in [0.3, 0.4) is 0 Å². The van der Waals surface area contributed by atoms with Gasteiger partial charge in [0.25, 0.3) is 5.56 Å². The molecule has 0 bridgehead atoms. The molecule has 0 aliphatic rings. The highest BCUT2D eigenvalue weighted by atomic mass is 16.3. The van der Waals surface area contributed by atoms with Crippen molar-refractivity contribution < 1.29 is 5.11 Å². The fourth-order valence-corrected chi connectivity index (χ4v) is 3.16. The van der Waals surface area contributed by atoms with Crippen molar-refractivity contribution in [3.63, 3.8) is 0 Å². The summed E-state index contributed by atoms with van der Waals surface area (Å²) in [5.41, 5.74) is 0.759. The number of anilines is 3. The lowest BCUT2D eigenvalue weighted by Crippen LogP contribution is -2.38. The highest BCUT2D eigenvalue weighted by Crippen LogP contribution is 2.28. The van der Waals surface area contributed by atoms with E-state index in [0.29, 0.717) is 29.4 Å². The van der Waals surface area contributed by atoms with E-state index >= 15 is 0 Å². The van der Waals surface area contributed by atoms with Crippen LogP contribution in [0.15, 0.2) is 41.5 Å². The van der Waals surface area contributed by atoms with Crippen LogP contribution in [0.4, 0.5) is 17.5 Å². The molecule has 0 aromatic carbocycles. The summed E-state index contributed by atoms with van der Waals surface area (Å²) in [5.74, 6) is 1.72. The number of hydrogen-bond donors (Lipinski definition) is 3. The second kappa shape index (κ2) is 8.21. The van der Waals surface area contributed by atoms with E-state index in [-0.39, 0.29) is 23.6 Å². The molecular formula is C22H29N5O2. The average Bonchev–Trinajstić information content (AvgIpc) is 2.65. The van der Waals surface area contributed by atoms with E-state index in [2.05, 4.69) is 20.6 Å². The van der Waals surface area contributed by atoms with Gasteiger partial charge in [-0.15, -0.1) is 0 Å². The van der Waals surface area contributed by atoms with Crippen LogP contribution in [0.5, 0.6) is 0 Å². The van der Waals surface area contributed by atoms with Crippen LogP contribution in [0.1, 0.15) is 33.3 Å². The largest absolute Gasteiger partial charge is 0.394 e. The number of nitrogens with one attached hydrogen (secondary N) is 2. The molecule has 29 heavy (non-hydrogen) atoms. The van der Waals surface area contributed by atoms with Gasteiger partial charge in [0.1, 0.15) is 17.5 Å². The van der Waals surface area contributed by atoms with Crippen LogP contribution < -0.4 is 16.2 Å². The first-order valence-corrected chi connectivity index (χ1v) is 9.84. The van der Waals surface area contributed by atoms with E-state index in [9.17, 15) is 9.90 Å². The predicted molar refractivity (Wildman–Crippen MR) is 118 cm³/mol. The molecule has 0 aliphatic carbocycles. The summed E-state index contributed by atoms with van der Waals surface area (Å²) >= 11 is 0. The molecule has 0 saturated heterocycles. The zero-order valence-electron chi connectivity index (χ0n) is 17.7. The summed E-state index contributed by atoms with van der Waals surface area (Å²) in [6, 6.07) is 7.35. The second-order valence-corrected chi connectivity index (χ2v) is 8.32. The maximum Gasteiger partial charge on any atom is 0.262 e. The van der Waals surface area contributed by atoms with E-state index in [0.717, 1.165) is 10.9 Å². The molecule has 3 N–H and O–H groups in total. The number of pyridine rings is 3. The Kier molecular flexibility index (Phi) is 5.88. The standard InChI is InChI=1S/C22H29N5O2/c1-6-27-10-8-15-12-18(25-17-11-14(2)7-9-23-17)26-20(19(15)21(27)29)24-16(13-28)22(3,4)5/h7-12,16,28H,6,13H2,1-5H3,(H2,23,24,25,26)/t16-/m1/s1. The Morgan fingerprint density at radius 2 is 1.97 bits per heavy atom. The van der Waals surface area contributed by atoms with Crippen LogP contribution in [0, 0.1) is 12.3 Å². The van der Waals surface area contributed by atoms with Crippen molar-refractivity contribution in [2.75, 3.05) is 17.2 Å². The zero-order chi connectivity index (χ0) is 21.2. The summed E-state index contributed by atoms with van der Waals surface area (Å²) in [4.78, 5) is 22.0. The second-order valence-electron chi connectivity index (χ2n) is 8.32. The van der Waals surface area contributed by atoms with Gasteiger partial charge in [-0.3, -0.25) is 4.79 Å². The molecule has 7 heteroatoms. The van der Waals surface area contributed by atoms with Gasteiger partial charge in [0, 0.05) is 18.9 Å². The van der Waals surface area contributed by atoms with E-state index in [1.807, 2.05) is 58.9 Å². The third kappa shape index (κ3) is 4.56. The van der Waals surface area contributed by atoms with Crippen molar-refractivity contribution in [2.45, 2.75) is 47.2 Å². The minimum atomic E-state index is -0.264. The molecule has 0 amide bonds. The molecule has 154 valence electrons. The lowest BCUT2D eigenvalue weighted by Gasteiger charge is -2.30. The van der Waals surface area contributed by atoms with Gasteiger partial charge in [-0.2, -0.15) is 0 Å². The van der Waals surface area contributed by atoms with E-state index in [4.69, 9.17) is 0 Å². The van der Waals surface area contributed by atoms with Crippen molar-refractivity contribution in [2.24, 2.45) is 5.41 Å². The molecule has 0 saturated carbocycles. The lowest BCUT2D eigenvalue weighted by molar-refractivity contribution is 0.202. The van der Waals surface area contributed by atoms with Crippen LogP contribution in [0.2, 0.25) is 0 Å². The Morgan fingerprint density at radius 1 is 1.21 bits per heavy atom. The van der Waals surface area contributed by atoms with Gasteiger partial charge in [0.2, 0.25) is 0 Å². The molecule has 0 fully saturated rings. The molecule has 0 spiro atoms. The summed E-state index contributed by atoms with van der Waals surface area (Å²) in [7, 11) is 0. The predicted octanol–water partition coefficient (Wildman–Crippen LogP) is 3.68. The third-order valence-electron chi connectivity index (χ3n) is 5.01. The Bertz CT molecular complexity index is 1070. The summed E-state index contributed by atoms with van der Waals surface area (Å²) in [5, 5.41) is 17.7. The van der Waals surface area contributed by atoms with Crippen LogP contribution in [0.25, 0.3) is 10.8 Å². The molecule has 3 heterocycles. The first-order chi connectivity index (χ1) is 13.7. The first-order valence-electron chi connectivity index (χ1n) is 9.84. The van der Waals surface area contributed by atoms with E-state index in [1.165, 1.54) is 0 Å². The minimum absolute atomic E-state index is 0.0709.